The van der Waals surface area contributed by atoms with Crippen LogP contribution in [0.15, 0.2) is 18.2 Å². The summed E-state index contributed by atoms with van der Waals surface area (Å²) < 4.78 is 0. The number of aromatic hydroxyl groups is 2. The number of phenols is 2. The minimum absolute atomic E-state index is 0.0524. The first-order valence-electron chi connectivity index (χ1n) is 6.54. The van der Waals surface area contributed by atoms with E-state index in [-0.39, 0.29) is 23.4 Å². The van der Waals surface area contributed by atoms with E-state index < -0.39 is 6.10 Å². The lowest BCUT2D eigenvalue weighted by Gasteiger charge is -2.27. The van der Waals surface area contributed by atoms with Crippen molar-refractivity contribution in [1.29, 1.82) is 0 Å². The van der Waals surface area contributed by atoms with E-state index in [1.165, 1.54) is 18.2 Å². The highest BCUT2D eigenvalue weighted by Crippen LogP contribution is 2.27. The molecule has 0 aromatic heterocycles. The van der Waals surface area contributed by atoms with E-state index in [0.717, 1.165) is 0 Å². The third-order valence-corrected chi connectivity index (χ3v) is 3.45. The van der Waals surface area contributed by atoms with Gasteiger partial charge in [0.05, 0.1) is 6.10 Å². The number of aliphatic hydroxyl groups excluding tert-OH is 1. The molecule has 2 rings (SSSR count). The molecule has 6 nitrogen and oxygen atoms in total. The number of hydrogen-bond donors (Lipinski definition) is 3. The number of rotatable bonds is 3. The van der Waals surface area contributed by atoms with E-state index in [0.29, 0.717) is 25.1 Å². The Bertz CT molecular complexity index is 504. The standard InChI is InChI=1S/C14H20N2O4/c1-15(2)7-10-6-11(17)8-16(10)14(20)9-3-4-12(18)13(19)5-9/h3-5,10-11,17-19H,6-8H2,1-2H3. The topological polar surface area (TPSA) is 84.2 Å². The number of amides is 1. The number of likely N-dealkylation sites (tertiary alicyclic amines) is 1. The van der Waals surface area contributed by atoms with Gasteiger partial charge in [0.25, 0.3) is 5.91 Å². The summed E-state index contributed by atoms with van der Waals surface area (Å²) in [5, 5.41) is 28.5. The lowest BCUT2D eigenvalue weighted by atomic mass is 10.1. The summed E-state index contributed by atoms with van der Waals surface area (Å²) in [6.07, 6.45) is 0.0307. The van der Waals surface area contributed by atoms with Crippen LogP contribution >= 0.6 is 0 Å². The quantitative estimate of drug-likeness (QED) is 0.691. The van der Waals surface area contributed by atoms with Gasteiger partial charge in [0.1, 0.15) is 0 Å². The summed E-state index contributed by atoms with van der Waals surface area (Å²) in [4.78, 5) is 16.0. The van der Waals surface area contributed by atoms with Crippen LogP contribution in [0.25, 0.3) is 0 Å². The number of β-amino-alcohol motifs (C(OH)–C–C–N with tert-alkyl or cyclic N) is 1. The third kappa shape index (κ3) is 3.02. The second-order valence-corrected chi connectivity index (χ2v) is 5.47. The third-order valence-electron chi connectivity index (χ3n) is 3.45. The van der Waals surface area contributed by atoms with Crippen molar-refractivity contribution in [2.24, 2.45) is 0 Å². The Morgan fingerprint density at radius 1 is 1.35 bits per heavy atom. The average molecular weight is 280 g/mol. The van der Waals surface area contributed by atoms with Crippen molar-refractivity contribution in [3.63, 3.8) is 0 Å². The lowest BCUT2D eigenvalue weighted by molar-refractivity contribution is 0.0698. The van der Waals surface area contributed by atoms with Crippen molar-refractivity contribution >= 4 is 5.91 Å². The fourth-order valence-corrected chi connectivity index (χ4v) is 2.56. The molecule has 1 aliphatic heterocycles. The SMILES string of the molecule is CN(C)CC1CC(O)CN1C(=O)c1ccc(O)c(O)c1. The van der Waals surface area contributed by atoms with E-state index in [2.05, 4.69) is 0 Å². The van der Waals surface area contributed by atoms with E-state index in [1.54, 1.807) is 4.90 Å². The van der Waals surface area contributed by atoms with E-state index in [1.807, 2.05) is 19.0 Å². The van der Waals surface area contributed by atoms with Gasteiger partial charge in [-0.25, -0.2) is 0 Å². The first-order chi connectivity index (χ1) is 9.38. The number of aliphatic hydroxyl groups is 1. The highest BCUT2D eigenvalue weighted by atomic mass is 16.3. The van der Waals surface area contributed by atoms with Crippen molar-refractivity contribution in [2.75, 3.05) is 27.2 Å². The zero-order chi connectivity index (χ0) is 14.9. The van der Waals surface area contributed by atoms with Gasteiger partial charge in [0, 0.05) is 24.7 Å². The Kier molecular flexibility index (Phi) is 4.15. The van der Waals surface area contributed by atoms with Crippen molar-refractivity contribution in [3.05, 3.63) is 23.8 Å². The van der Waals surface area contributed by atoms with Crippen molar-refractivity contribution in [3.8, 4) is 11.5 Å². The Hall–Kier alpha value is -1.79. The molecule has 0 bridgehead atoms. The molecule has 0 saturated carbocycles. The van der Waals surface area contributed by atoms with Gasteiger partial charge in [-0.1, -0.05) is 0 Å². The molecule has 1 aliphatic rings. The summed E-state index contributed by atoms with van der Waals surface area (Å²) in [7, 11) is 3.83. The summed E-state index contributed by atoms with van der Waals surface area (Å²) in [6.45, 7) is 0.964. The number of nitrogens with zero attached hydrogens (tertiary/aromatic N) is 2. The second kappa shape index (κ2) is 5.68. The van der Waals surface area contributed by atoms with E-state index in [4.69, 9.17) is 0 Å². The zero-order valence-electron chi connectivity index (χ0n) is 11.7. The van der Waals surface area contributed by atoms with Crippen molar-refractivity contribution in [2.45, 2.75) is 18.6 Å². The Balaban J connectivity index is 2.19. The molecule has 1 saturated heterocycles. The number of benzene rings is 1. The molecule has 1 amide bonds. The predicted octanol–water partition coefficient (Wildman–Crippen LogP) is 0.235. The molecule has 2 atom stereocenters. The number of phenolic OH excluding ortho intramolecular Hbond substituents is 2. The van der Waals surface area contributed by atoms with Crippen LogP contribution in [-0.4, -0.2) is 70.4 Å². The van der Waals surface area contributed by atoms with Crippen LogP contribution in [0.5, 0.6) is 11.5 Å². The Labute approximate surface area is 117 Å². The van der Waals surface area contributed by atoms with E-state index in [9.17, 15) is 20.1 Å². The van der Waals surface area contributed by atoms with Crippen molar-refractivity contribution in [1.82, 2.24) is 9.80 Å². The van der Waals surface area contributed by atoms with Crippen molar-refractivity contribution < 1.29 is 20.1 Å². The highest BCUT2D eigenvalue weighted by Gasteiger charge is 2.35. The minimum atomic E-state index is -0.519. The first-order valence-corrected chi connectivity index (χ1v) is 6.54. The number of hydrogen-bond acceptors (Lipinski definition) is 5. The smallest absolute Gasteiger partial charge is 0.254 e. The maximum atomic E-state index is 12.5. The first kappa shape index (κ1) is 14.6. The van der Waals surface area contributed by atoms with Gasteiger partial charge in [-0.05, 0) is 38.7 Å². The second-order valence-electron chi connectivity index (χ2n) is 5.47. The summed E-state index contributed by atoms with van der Waals surface area (Å²) >= 11 is 0. The number of carbonyl (C=O) groups is 1. The molecule has 6 heteroatoms. The molecule has 110 valence electrons. The van der Waals surface area contributed by atoms with Gasteiger partial charge in [-0.15, -0.1) is 0 Å². The summed E-state index contributed by atoms with van der Waals surface area (Å²) in [5.41, 5.74) is 0.304. The molecule has 0 spiro atoms. The summed E-state index contributed by atoms with van der Waals surface area (Å²) in [6, 6.07) is 3.95. The maximum Gasteiger partial charge on any atom is 0.254 e. The van der Waals surface area contributed by atoms with Gasteiger partial charge in [0.15, 0.2) is 11.5 Å². The Morgan fingerprint density at radius 2 is 2.05 bits per heavy atom. The minimum Gasteiger partial charge on any atom is -0.504 e. The molecule has 2 unspecified atom stereocenters. The molecule has 1 fully saturated rings. The highest BCUT2D eigenvalue weighted by molar-refractivity contribution is 5.95. The molecule has 20 heavy (non-hydrogen) atoms. The van der Waals surface area contributed by atoms with Gasteiger partial charge < -0.3 is 25.1 Å². The van der Waals surface area contributed by atoms with Crippen LogP contribution in [0.3, 0.4) is 0 Å². The average Bonchev–Trinajstić information content (AvgIpc) is 2.72. The molecule has 1 aromatic carbocycles. The molecule has 1 heterocycles. The largest absolute Gasteiger partial charge is 0.504 e. The van der Waals surface area contributed by atoms with Crippen LogP contribution < -0.4 is 0 Å². The van der Waals surface area contributed by atoms with Crippen LogP contribution in [0, 0.1) is 0 Å². The van der Waals surface area contributed by atoms with Crippen LogP contribution in [0.1, 0.15) is 16.8 Å². The van der Waals surface area contributed by atoms with Gasteiger partial charge in [-0.2, -0.15) is 0 Å². The van der Waals surface area contributed by atoms with Crippen LogP contribution in [0.2, 0.25) is 0 Å². The monoisotopic (exact) mass is 280 g/mol. The predicted molar refractivity (Wildman–Crippen MR) is 73.8 cm³/mol. The molecular weight excluding hydrogens is 260 g/mol. The molecule has 0 radical (unpaired) electrons. The van der Waals surface area contributed by atoms with E-state index >= 15 is 0 Å². The Morgan fingerprint density at radius 3 is 2.65 bits per heavy atom. The molecule has 0 aliphatic carbocycles. The maximum absolute atomic E-state index is 12.5. The molecule has 3 N–H and O–H groups in total. The van der Waals surface area contributed by atoms with Gasteiger partial charge >= 0.3 is 0 Å². The van der Waals surface area contributed by atoms with Gasteiger partial charge in [-0.3, -0.25) is 4.79 Å². The zero-order valence-corrected chi connectivity index (χ0v) is 11.7. The van der Waals surface area contributed by atoms with Crippen LogP contribution in [-0.2, 0) is 0 Å². The normalized spacial score (nSPS) is 22.5. The number of likely N-dealkylation sites (N-methyl/N-ethyl adjacent to an activating group) is 1. The lowest BCUT2D eigenvalue weighted by Crippen LogP contribution is -2.41. The fourth-order valence-electron chi connectivity index (χ4n) is 2.56. The molecular formula is C14H20N2O4. The van der Waals surface area contributed by atoms with Gasteiger partial charge in [0.2, 0.25) is 0 Å². The fraction of sp³-hybridized carbons (Fsp3) is 0.500. The summed E-state index contributed by atoms with van der Waals surface area (Å²) in [5.74, 6) is -0.823. The number of carbonyl (C=O) groups excluding carboxylic acids is 1. The molecule has 1 aromatic rings. The van der Waals surface area contributed by atoms with Crippen LogP contribution in [0.4, 0.5) is 0 Å².